The largest absolute Gasteiger partial charge is 0.338 e. The van der Waals surface area contributed by atoms with Gasteiger partial charge in [-0.05, 0) is 50.5 Å². The number of nitrogens with two attached hydrogens (primary N) is 1. The van der Waals surface area contributed by atoms with Crippen molar-refractivity contribution in [1.29, 1.82) is 0 Å². The molecule has 1 atom stereocenters. The maximum Gasteiger partial charge on any atom is 0.239 e. The molecular formula is C16H19FN4O2S. The molecule has 0 saturated heterocycles. The summed E-state index contributed by atoms with van der Waals surface area (Å²) in [6, 6.07) is 5.64. The number of anilines is 1. The molecule has 0 bridgehead atoms. The third kappa shape index (κ3) is 3.76. The summed E-state index contributed by atoms with van der Waals surface area (Å²) in [6.45, 7) is 1.90. The molecule has 6 nitrogen and oxygen atoms in total. The number of carbonyl (C=O) groups excluding carboxylic acids is 1. The Morgan fingerprint density at radius 2 is 2.17 bits per heavy atom. The highest BCUT2D eigenvalue weighted by molar-refractivity contribution is 8.00. The number of rotatable bonds is 6. The first-order valence-electron chi connectivity index (χ1n) is 7.76. The molecule has 3 N–H and O–H groups in total. The summed E-state index contributed by atoms with van der Waals surface area (Å²) in [5.41, 5.74) is 6.28. The number of carbonyl (C=O) groups is 1. The van der Waals surface area contributed by atoms with Crippen LogP contribution >= 0.6 is 11.8 Å². The first kappa shape index (κ1) is 16.9. The average Bonchev–Trinajstić information content (AvgIpc) is 3.03. The van der Waals surface area contributed by atoms with Crippen molar-refractivity contribution in [3.8, 4) is 0 Å². The standard InChI is InChI=1S/C16H19FN4O2S/c1-10(14-20-15(21-23-14)16(18)7-2-8-16)24-9-13(22)19-12-5-3-11(17)4-6-12/h3-6,10H,2,7-9,18H2,1H3,(H,19,22). The molecular weight excluding hydrogens is 331 g/mol. The first-order chi connectivity index (χ1) is 11.5. The van der Waals surface area contributed by atoms with Crippen molar-refractivity contribution < 1.29 is 13.7 Å². The average molecular weight is 350 g/mol. The summed E-state index contributed by atoms with van der Waals surface area (Å²) in [7, 11) is 0. The molecule has 0 aliphatic heterocycles. The molecule has 1 aliphatic rings. The predicted octanol–water partition coefficient (Wildman–Crippen LogP) is 2.98. The van der Waals surface area contributed by atoms with Gasteiger partial charge in [-0.25, -0.2) is 4.39 Å². The summed E-state index contributed by atoms with van der Waals surface area (Å²) in [4.78, 5) is 16.3. The smallest absolute Gasteiger partial charge is 0.239 e. The van der Waals surface area contributed by atoms with Gasteiger partial charge in [0.05, 0.1) is 16.5 Å². The van der Waals surface area contributed by atoms with Crippen molar-refractivity contribution in [2.24, 2.45) is 5.73 Å². The molecule has 8 heteroatoms. The molecule has 1 saturated carbocycles. The van der Waals surface area contributed by atoms with Crippen LogP contribution in [0.15, 0.2) is 28.8 Å². The van der Waals surface area contributed by atoms with Gasteiger partial charge in [0.25, 0.3) is 0 Å². The third-order valence-corrected chi connectivity index (χ3v) is 5.20. The van der Waals surface area contributed by atoms with Crippen LogP contribution in [0.5, 0.6) is 0 Å². The second-order valence-electron chi connectivity index (χ2n) is 5.97. The summed E-state index contributed by atoms with van der Waals surface area (Å²) < 4.78 is 18.1. The number of hydrogen-bond donors (Lipinski definition) is 2. The Bertz CT molecular complexity index is 715. The predicted molar refractivity (Wildman–Crippen MR) is 89.9 cm³/mol. The maximum atomic E-state index is 12.8. The van der Waals surface area contributed by atoms with Crippen molar-refractivity contribution >= 4 is 23.4 Å². The molecule has 1 fully saturated rings. The van der Waals surface area contributed by atoms with Crippen LogP contribution in [0.25, 0.3) is 0 Å². The van der Waals surface area contributed by atoms with E-state index in [1.807, 2.05) is 6.92 Å². The Morgan fingerprint density at radius 1 is 1.46 bits per heavy atom. The minimum atomic E-state index is -0.452. The molecule has 0 radical (unpaired) electrons. The van der Waals surface area contributed by atoms with E-state index in [0.717, 1.165) is 19.3 Å². The summed E-state index contributed by atoms with van der Waals surface area (Å²) in [5.74, 6) is 0.734. The van der Waals surface area contributed by atoms with E-state index < -0.39 is 5.54 Å². The quantitative estimate of drug-likeness (QED) is 0.832. The molecule has 3 rings (SSSR count). The van der Waals surface area contributed by atoms with Crippen molar-refractivity contribution in [3.05, 3.63) is 41.8 Å². The van der Waals surface area contributed by atoms with Crippen LogP contribution < -0.4 is 11.1 Å². The van der Waals surface area contributed by atoms with Crippen LogP contribution in [0, 0.1) is 5.82 Å². The van der Waals surface area contributed by atoms with E-state index in [0.29, 0.717) is 17.4 Å². The number of nitrogens with one attached hydrogen (secondary N) is 1. The summed E-state index contributed by atoms with van der Waals surface area (Å²) in [6.07, 6.45) is 2.81. The number of nitrogens with zero attached hydrogens (tertiary/aromatic N) is 2. The van der Waals surface area contributed by atoms with Crippen LogP contribution in [0.2, 0.25) is 0 Å². The van der Waals surface area contributed by atoms with Crippen LogP contribution in [-0.4, -0.2) is 21.8 Å². The number of aromatic nitrogens is 2. The Hall–Kier alpha value is -1.93. The topological polar surface area (TPSA) is 94.0 Å². The Morgan fingerprint density at radius 3 is 2.79 bits per heavy atom. The summed E-state index contributed by atoms with van der Waals surface area (Å²) >= 11 is 1.39. The summed E-state index contributed by atoms with van der Waals surface area (Å²) in [5, 5.41) is 6.57. The van der Waals surface area contributed by atoms with E-state index in [-0.39, 0.29) is 22.7 Å². The zero-order valence-electron chi connectivity index (χ0n) is 13.3. The van der Waals surface area contributed by atoms with Gasteiger partial charge in [0.1, 0.15) is 5.82 Å². The fraction of sp³-hybridized carbons (Fsp3) is 0.438. The lowest BCUT2D eigenvalue weighted by Gasteiger charge is -2.34. The van der Waals surface area contributed by atoms with Gasteiger partial charge >= 0.3 is 0 Å². The lowest BCUT2D eigenvalue weighted by atomic mass is 9.77. The molecule has 24 heavy (non-hydrogen) atoms. The van der Waals surface area contributed by atoms with Gasteiger partial charge in [-0.2, -0.15) is 4.98 Å². The zero-order valence-corrected chi connectivity index (χ0v) is 14.1. The first-order valence-corrected chi connectivity index (χ1v) is 8.81. The van der Waals surface area contributed by atoms with Gasteiger partial charge in [-0.1, -0.05) is 5.16 Å². The van der Waals surface area contributed by atoms with E-state index in [9.17, 15) is 9.18 Å². The van der Waals surface area contributed by atoms with E-state index in [4.69, 9.17) is 10.3 Å². The van der Waals surface area contributed by atoms with Crippen LogP contribution in [0.1, 0.15) is 43.2 Å². The van der Waals surface area contributed by atoms with Crippen LogP contribution in [0.4, 0.5) is 10.1 Å². The van der Waals surface area contributed by atoms with Gasteiger partial charge in [0.2, 0.25) is 11.8 Å². The van der Waals surface area contributed by atoms with E-state index in [1.54, 1.807) is 0 Å². The molecule has 1 amide bonds. The number of amides is 1. The van der Waals surface area contributed by atoms with Crippen molar-refractivity contribution in [2.75, 3.05) is 11.1 Å². The van der Waals surface area contributed by atoms with E-state index in [1.165, 1.54) is 36.0 Å². The van der Waals surface area contributed by atoms with Gasteiger partial charge in [0, 0.05) is 5.69 Å². The fourth-order valence-electron chi connectivity index (χ4n) is 2.39. The Kier molecular flexibility index (Phi) is 4.86. The molecule has 1 aromatic heterocycles. The van der Waals surface area contributed by atoms with Crippen LogP contribution in [-0.2, 0) is 10.3 Å². The molecule has 1 unspecified atom stereocenters. The highest BCUT2D eigenvalue weighted by atomic mass is 32.2. The van der Waals surface area contributed by atoms with Crippen molar-refractivity contribution in [2.45, 2.75) is 37.0 Å². The Balaban J connectivity index is 1.50. The van der Waals surface area contributed by atoms with Crippen molar-refractivity contribution in [3.63, 3.8) is 0 Å². The SMILES string of the molecule is CC(SCC(=O)Nc1ccc(F)cc1)c1nc(C2(N)CCC2)no1. The molecule has 1 heterocycles. The molecule has 128 valence electrons. The lowest BCUT2D eigenvalue weighted by Crippen LogP contribution is -2.44. The highest BCUT2D eigenvalue weighted by Gasteiger charge is 2.39. The lowest BCUT2D eigenvalue weighted by molar-refractivity contribution is -0.113. The van der Waals surface area contributed by atoms with Crippen LogP contribution in [0.3, 0.4) is 0 Å². The van der Waals surface area contributed by atoms with Gasteiger partial charge in [-0.3, -0.25) is 4.79 Å². The maximum absolute atomic E-state index is 12.8. The highest BCUT2D eigenvalue weighted by Crippen LogP contribution is 2.38. The molecule has 2 aromatic rings. The minimum absolute atomic E-state index is 0.117. The number of hydrogen-bond acceptors (Lipinski definition) is 6. The third-order valence-electron chi connectivity index (χ3n) is 4.07. The minimum Gasteiger partial charge on any atom is -0.338 e. The van der Waals surface area contributed by atoms with Gasteiger partial charge in [0.15, 0.2) is 5.82 Å². The Labute approximate surface area is 143 Å². The van der Waals surface area contributed by atoms with Gasteiger partial charge in [-0.15, -0.1) is 11.8 Å². The van der Waals surface area contributed by atoms with Crippen molar-refractivity contribution in [1.82, 2.24) is 10.1 Å². The molecule has 1 aromatic carbocycles. The molecule has 1 aliphatic carbocycles. The number of halogens is 1. The second-order valence-corrected chi connectivity index (χ2v) is 7.30. The normalized spacial score (nSPS) is 17.1. The van der Waals surface area contributed by atoms with E-state index in [2.05, 4.69) is 15.5 Å². The molecule has 0 spiro atoms. The zero-order chi connectivity index (χ0) is 17.2. The fourth-order valence-corrected chi connectivity index (χ4v) is 3.10. The van der Waals surface area contributed by atoms with Gasteiger partial charge < -0.3 is 15.6 Å². The number of benzene rings is 1. The second kappa shape index (κ2) is 6.90. The monoisotopic (exact) mass is 350 g/mol. The van der Waals surface area contributed by atoms with E-state index >= 15 is 0 Å². The number of thioether (sulfide) groups is 1.